The molecule has 1 aromatic heterocycles. The molecule has 6 nitrogen and oxygen atoms in total. The van der Waals surface area contributed by atoms with Gasteiger partial charge in [-0.3, -0.25) is 4.79 Å². The monoisotopic (exact) mass is 339 g/mol. The van der Waals surface area contributed by atoms with E-state index in [1.54, 1.807) is 10.9 Å². The molecular formula is C14H14ClN3O3S. The van der Waals surface area contributed by atoms with Gasteiger partial charge in [0.05, 0.1) is 5.69 Å². The molecule has 1 aliphatic heterocycles. The zero-order valence-electron chi connectivity index (χ0n) is 11.6. The number of nitrogens with zero attached hydrogens (tertiary/aromatic N) is 3. The van der Waals surface area contributed by atoms with Gasteiger partial charge in [-0.1, -0.05) is 18.2 Å². The van der Waals surface area contributed by atoms with Crippen molar-refractivity contribution in [2.45, 2.75) is 18.2 Å². The second kappa shape index (κ2) is 5.73. The van der Waals surface area contributed by atoms with Crippen LogP contribution in [0.5, 0.6) is 0 Å². The Morgan fingerprint density at radius 3 is 2.68 bits per heavy atom. The number of likely N-dealkylation sites (tertiary alicyclic amines) is 1. The SMILES string of the molecule is O=C1CC(S(=O)(=O)Cl)CN1Cc1ccccc1-n1cccn1. The highest BCUT2D eigenvalue weighted by molar-refractivity contribution is 8.14. The molecule has 1 atom stereocenters. The van der Waals surface area contributed by atoms with Gasteiger partial charge in [0.25, 0.3) is 0 Å². The molecule has 0 N–H and O–H groups in total. The van der Waals surface area contributed by atoms with Crippen LogP contribution in [0.2, 0.25) is 0 Å². The molecule has 0 saturated carbocycles. The third kappa shape index (κ3) is 3.00. The molecule has 1 aliphatic rings. The fraction of sp³-hybridized carbons (Fsp3) is 0.286. The number of carbonyl (C=O) groups excluding carboxylic acids is 1. The van der Waals surface area contributed by atoms with Crippen molar-refractivity contribution in [1.29, 1.82) is 0 Å². The number of carbonyl (C=O) groups is 1. The van der Waals surface area contributed by atoms with Crippen LogP contribution in [-0.4, -0.2) is 40.8 Å². The first-order valence-electron chi connectivity index (χ1n) is 6.74. The summed E-state index contributed by atoms with van der Waals surface area (Å²) in [5.74, 6) is -0.204. The Morgan fingerprint density at radius 2 is 2.05 bits per heavy atom. The molecule has 1 aromatic carbocycles. The number of para-hydroxylation sites is 1. The lowest BCUT2D eigenvalue weighted by Crippen LogP contribution is -2.27. The van der Waals surface area contributed by atoms with Gasteiger partial charge in [0.2, 0.25) is 15.0 Å². The fourth-order valence-electron chi connectivity index (χ4n) is 2.56. The van der Waals surface area contributed by atoms with Crippen LogP contribution in [0.15, 0.2) is 42.7 Å². The maximum atomic E-state index is 12.0. The lowest BCUT2D eigenvalue weighted by molar-refractivity contribution is -0.128. The van der Waals surface area contributed by atoms with Crippen LogP contribution >= 0.6 is 10.7 Å². The van der Waals surface area contributed by atoms with Crippen molar-refractivity contribution in [2.75, 3.05) is 6.54 Å². The van der Waals surface area contributed by atoms with Crippen LogP contribution in [0.4, 0.5) is 0 Å². The number of rotatable bonds is 4. The molecule has 1 amide bonds. The highest BCUT2D eigenvalue weighted by Crippen LogP contribution is 2.24. The second-order valence-corrected chi connectivity index (χ2v) is 8.06. The van der Waals surface area contributed by atoms with E-state index < -0.39 is 14.3 Å². The van der Waals surface area contributed by atoms with E-state index in [9.17, 15) is 13.2 Å². The van der Waals surface area contributed by atoms with Crippen molar-refractivity contribution in [3.8, 4) is 5.69 Å². The number of hydrogen-bond donors (Lipinski definition) is 0. The maximum absolute atomic E-state index is 12.0. The normalized spacial score (nSPS) is 18.9. The van der Waals surface area contributed by atoms with E-state index in [0.29, 0.717) is 6.54 Å². The largest absolute Gasteiger partial charge is 0.337 e. The number of amides is 1. The zero-order chi connectivity index (χ0) is 15.7. The minimum Gasteiger partial charge on any atom is -0.337 e. The highest BCUT2D eigenvalue weighted by Gasteiger charge is 2.37. The summed E-state index contributed by atoms with van der Waals surface area (Å²) in [6.07, 6.45) is 3.43. The van der Waals surface area contributed by atoms with Crippen molar-refractivity contribution in [1.82, 2.24) is 14.7 Å². The molecule has 1 saturated heterocycles. The standard InChI is InChI=1S/C14H14ClN3O3S/c15-22(20,21)12-8-14(19)17(10-12)9-11-4-1-2-5-13(11)18-7-3-6-16-18/h1-7,12H,8-10H2. The number of halogens is 1. The molecule has 0 aliphatic carbocycles. The van der Waals surface area contributed by atoms with E-state index in [1.807, 2.05) is 36.5 Å². The fourth-order valence-corrected chi connectivity index (χ4v) is 3.62. The van der Waals surface area contributed by atoms with Gasteiger partial charge in [-0.15, -0.1) is 0 Å². The third-order valence-corrected chi connectivity index (χ3v) is 5.55. The van der Waals surface area contributed by atoms with Crippen LogP contribution in [0.3, 0.4) is 0 Å². The molecule has 116 valence electrons. The second-order valence-electron chi connectivity index (χ2n) is 5.16. The van der Waals surface area contributed by atoms with Gasteiger partial charge in [-0.25, -0.2) is 13.1 Å². The van der Waals surface area contributed by atoms with E-state index in [-0.39, 0.29) is 18.9 Å². The first-order chi connectivity index (χ1) is 10.4. The molecule has 8 heteroatoms. The van der Waals surface area contributed by atoms with E-state index >= 15 is 0 Å². The van der Waals surface area contributed by atoms with Crippen LogP contribution in [0, 0.1) is 0 Å². The first-order valence-corrected chi connectivity index (χ1v) is 9.11. The van der Waals surface area contributed by atoms with Gasteiger partial charge in [-0.2, -0.15) is 5.10 Å². The Labute approximate surface area is 132 Å². The van der Waals surface area contributed by atoms with Crippen LogP contribution in [0.25, 0.3) is 5.69 Å². The lowest BCUT2D eigenvalue weighted by Gasteiger charge is -2.18. The van der Waals surface area contributed by atoms with Crippen molar-refractivity contribution in [2.24, 2.45) is 0 Å². The Hall–Kier alpha value is -1.86. The predicted octanol–water partition coefficient (Wildman–Crippen LogP) is 1.54. The molecule has 2 heterocycles. The van der Waals surface area contributed by atoms with Crippen molar-refractivity contribution < 1.29 is 13.2 Å². The summed E-state index contributed by atoms with van der Waals surface area (Å²) in [5.41, 5.74) is 1.75. The van der Waals surface area contributed by atoms with Crippen LogP contribution in [0.1, 0.15) is 12.0 Å². The van der Waals surface area contributed by atoms with Gasteiger partial charge in [0.15, 0.2) is 0 Å². The molecule has 1 unspecified atom stereocenters. The van der Waals surface area contributed by atoms with E-state index in [0.717, 1.165) is 11.3 Å². The number of aromatic nitrogens is 2. The van der Waals surface area contributed by atoms with E-state index in [4.69, 9.17) is 10.7 Å². The van der Waals surface area contributed by atoms with Crippen molar-refractivity contribution in [3.63, 3.8) is 0 Å². The highest BCUT2D eigenvalue weighted by atomic mass is 35.7. The predicted molar refractivity (Wildman–Crippen MR) is 82.2 cm³/mol. The number of benzene rings is 1. The Morgan fingerprint density at radius 1 is 1.27 bits per heavy atom. The minimum atomic E-state index is -3.72. The summed E-state index contributed by atoms with van der Waals surface area (Å²) in [7, 11) is 1.64. The molecule has 3 rings (SSSR count). The zero-order valence-corrected chi connectivity index (χ0v) is 13.2. The topological polar surface area (TPSA) is 72.3 Å². The quantitative estimate of drug-likeness (QED) is 0.792. The molecular weight excluding hydrogens is 326 g/mol. The smallest absolute Gasteiger partial charge is 0.237 e. The summed E-state index contributed by atoms with van der Waals surface area (Å²) < 4.78 is 24.5. The Kier molecular flexibility index (Phi) is 3.92. The van der Waals surface area contributed by atoms with Gasteiger partial charge in [-0.05, 0) is 17.7 Å². The summed E-state index contributed by atoms with van der Waals surface area (Å²) in [6.45, 7) is 0.454. The first kappa shape index (κ1) is 15.1. The molecule has 2 aromatic rings. The van der Waals surface area contributed by atoms with E-state index in [2.05, 4.69) is 5.10 Å². The average Bonchev–Trinajstić information content (AvgIpc) is 3.10. The summed E-state index contributed by atoms with van der Waals surface area (Å²) in [5, 5.41) is 3.36. The molecule has 1 fully saturated rings. The molecule has 0 spiro atoms. The van der Waals surface area contributed by atoms with Crippen molar-refractivity contribution in [3.05, 3.63) is 48.3 Å². The van der Waals surface area contributed by atoms with Crippen LogP contribution < -0.4 is 0 Å². The number of hydrogen-bond acceptors (Lipinski definition) is 4. The minimum absolute atomic E-state index is 0.0598. The van der Waals surface area contributed by atoms with E-state index in [1.165, 1.54) is 4.90 Å². The van der Waals surface area contributed by atoms with Gasteiger partial charge in [0, 0.05) is 42.6 Å². The molecule has 0 radical (unpaired) electrons. The molecule has 0 bridgehead atoms. The van der Waals surface area contributed by atoms with Crippen molar-refractivity contribution >= 4 is 25.6 Å². The summed E-state index contributed by atoms with van der Waals surface area (Å²) in [4.78, 5) is 13.5. The Bertz CT molecular complexity index is 789. The lowest BCUT2D eigenvalue weighted by atomic mass is 10.1. The van der Waals surface area contributed by atoms with Crippen LogP contribution in [-0.2, 0) is 20.4 Å². The molecule has 22 heavy (non-hydrogen) atoms. The Balaban J connectivity index is 1.84. The van der Waals surface area contributed by atoms with Gasteiger partial charge < -0.3 is 4.90 Å². The summed E-state index contributed by atoms with van der Waals surface area (Å²) >= 11 is 0. The maximum Gasteiger partial charge on any atom is 0.237 e. The van der Waals surface area contributed by atoms with Gasteiger partial charge >= 0.3 is 0 Å². The average molecular weight is 340 g/mol. The summed E-state index contributed by atoms with van der Waals surface area (Å²) in [6, 6.07) is 9.37. The third-order valence-electron chi connectivity index (χ3n) is 3.68. The van der Waals surface area contributed by atoms with Gasteiger partial charge in [0.1, 0.15) is 5.25 Å².